The molecule has 2 heterocycles. The van der Waals surface area contributed by atoms with Gasteiger partial charge in [-0.25, -0.2) is 9.18 Å². The quantitative estimate of drug-likeness (QED) is 0.660. The molecule has 7 heteroatoms. The minimum atomic E-state index is -1.29. The normalized spacial score (nSPS) is 21.0. The van der Waals surface area contributed by atoms with Crippen LogP contribution >= 0.6 is 0 Å². The number of nitrogens with one attached hydrogen (secondary N) is 1. The second-order valence-electron chi connectivity index (χ2n) is 8.51. The molecule has 2 fully saturated rings. The van der Waals surface area contributed by atoms with Gasteiger partial charge in [0, 0.05) is 30.7 Å². The number of aromatic nitrogens is 1. The molecule has 2 N–H and O–H groups in total. The highest BCUT2D eigenvalue weighted by molar-refractivity contribution is 5.93. The van der Waals surface area contributed by atoms with Gasteiger partial charge in [-0.2, -0.15) is 0 Å². The molecule has 3 aromatic rings. The Labute approximate surface area is 178 Å². The van der Waals surface area contributed by atoms with Gasteiger partial charge in [-0.3, -0.25) is 4.79 Å². The maximum absolute atomic E-state index is 15.2. The van der Waals surface area contributed by atoms with Gasteiger partial charge in [0.25, 0.3) is 0 Å². The molecule has 0 radical (unpaired) electrons. The van der Waals surface area contributed by atoms with Crippen molar-refractivity contribution in [1.29, 1.82) is 0 Å². The summed E-state index contributed by atoms with van der Waals surface area (Å²) < 4.78 is 17.1. The predicted molar refractivity (Wildman–Crippen MR) is 117 cm³/mol. The number of rotatable bonds is 5. The van der Waals surface area contributed by atoms with E-state index in [9.17, 15) is 14.7 Å². The zero-order valence-electron chi connectivity index (χ0n) is 17.3. The highest BCUT2D eigenvalue weighted by Crippen LogP contribution is 2.40. The molecule has 1 aromatic heterocycles. The Hall–Kier alpha value is -3.19. The zero-order valence-corrected chi connectivity index (χ0v) is 17.3. The fourth-order valence-corrected chi connectivity index (χ4v) is 4.76. The molecule has 1 unspecified atom stereocenters. The molecular weight excluding hydrogens is 397 g/mol. The number of hydrogen-bond donors (Lipinski definition) is 2. The molecule has 1 aliphatic carbocycles. The second-order valence-corrected chi connectivity index (χ2v) is 8.51. The van der Waals surface area contributed by atoms with Crippen molar-refractivity contribution in [2.24, 2.45) is 0 Å². The number of hydrogen-bond acceptors (Lipinski definition) is 4. The molecule has 1 atom stereocenters. The fraction of sp³-hybridized carbons (Fsp3) is 0.333. The van der Waals surface area contributed by atoms with Crippen molar-refractivity contribution in [1.82, 2.24) is 9.88 Å². The Morgan fingerprint density at radius 1 is 1.23 bits per heavy atom. The number of pyridine rings is 1. The van der Waals surface area contributed by atoms with Crippen LogP contribution in [-0.4, -0.2) is 35.8 Å². The minimum absolute atomic E-state index is 0.121. The largest absolute Gasteiger partial charge is 0.477 e. The van der Waals surface area contributed by atoms with Crippen LogP contribution in [0.25, 0.3) is 10.9 Å². The summed E-state index contributed by atoms with van der Waals surface area (Å²) in [5, 5.41) is 13.0. The highest BCUT2D eigenvalue weighted by Gasteiger charge is 2.39. The van der Waals surface area contributed by atoms with Crippen LogP contribution in [0.1, 0.15) is 41.2 Å². The van der Waals surface area contributed by atoms with E-state index in [1.165, 1.54) is 12.3 Å². The summed E-state index contributed by atoms with van der Waals surface area (Å²) in [6, 6.07) is 13.2. The third-order valence-corrected chi connectivity index (χ3v) is 6.69. The third kappa shape index (κ3) is 3.20. The van der Waals surface area contributed by atoms with Crippen molar-refractivity contribution in [3.8, 4) is 0 Å². The lowest BCUT2D eigenvalue weighted by atomic mass is 9.89. The lowest BCUT2D eigenvalue weighted by molar-refractivity contribution is 0.0695. The second kappa shape index (κ2) is 7.20. The number of halogens is 1. The average Bonchev–Trinajstić information content (AvgIpc) is 3.52. The maximum Gasteiger partial charge on any atom is 0.341 e. The summed E-state index contributed by atoms with van der Waals surface area (Å²) in [5.74, 6) is -1.79. The van der Waals surface area contributed by atoms with Crippen molar-refractivity contribution in [3.05, 3.63) is 75.8 Å². The van der Waals surface area contributed by atoms with Gasteiger partial charge in [0.2, 0.25) is 5.43 Å². The van der Waals surface area contributed by atoms with E-state index in [0.717, 1.165) is 24.8 Å². The van der Waals surface area contributed by atoms with Gasteiger partial charge in [-0.15, -0.1) is 0 Å². The Balaban J connectivity index is 1.61. The Kier molecular flexibility index (Phi) is 4.59. The monoisotopic (exact) mass is 421 g/mol. The van der Waals surface area contributed by atoms with Crippen molar-refractivity contribution in [2.45, 2.75) is 30.8 Å². The van der Waals surface area contributed by atoms with Gasteiger partial charge < -0.3 is 19.9 Å². The van der Waals surface area contributed by atoms with Crippen LogP contribution in [0.5, 0.6) is 0 Å². The molecule has 1 saturated carbocycles. The molecule has 6 nitrogen and oxygen atoms in total. The van der Waals surface area contributed by atoms with Crippen LogP contribution in [0.2, 0.25) is 0 Å². The van der Waals surface area contributed by atoms with E-state index in [1.54, 1.807) is 6.07 Å². The van der Waals surface area contributed by atoms with Crippen molar-refractivity contribution >= 4 is 22.6 Å². The summed E-state index contributed by atoms with van der Waals surface area (Å²) in [4.78, 5) is 26.2. The van der Waals surface area contributed by atoms with Crippen molar-refractivity contribution in [2.75, 3.05) is 25.0 Å². The van der Waals surface area contributed by atoms with Gasteiger partial charge in [-0.1, -0.05) is 30.3 Å². The number of fused-ring (bicyclic) bond motifs is 1. The molecule has 31 heavy (non-hydrogen) atoms. The number of aromatic carboxylic acids is 1. The fourth-order valence-electron chi connectivity index (χ4n) is 4.76. The van der Waals surface area contributed by atoms with E-state index in [0.29, 0.717) is 24.3 Å². The number of carbonyl (C=O) groups is 1. The number of anilines is 1. The number of nitrogens with zero attached hydrogens (tertiary/aromatic N) is 2. The summed E-state index contributed by atoms with van der Waals surface area (Å²) in [6.45, 7) is 1.26. The van der Waals surface area contributed by atoms with Crippen LogP contribution in [0, 0.1) is 5.82 Å². The van der Waals surface area contributed by atoms with E-state index in [-0.39, 0.29) is 22.5 Å². The average molecular weight is 421 g/mol. The molecule has 1 aliphatic heterocycles. The van der Waals surface area contributed by atoms with Crippen LogP contribution in [0.4, 0.5) is 10.1 Å². The molecule has 5 rings (SSSR count). The first kappa shape index (κ1) is 19.8. The Morgan fingerprint density at radius 3 is 2.61 bits per heavy atom. The lowest BCUT2D eigenvalue weighted by Crippen LogP contribution is -2.42. The standard InChI is InChI=1S/C24H24FN3O3/c1-26-24(15-5-3-2-4-6-15)9-10-27(14-24)21-12-20-17(11-19(21)25)22(29)18(23(30)31)13-28(20)16-7-8-16/h2-6,11-13,16,26H,7-10,14H2,1H3,(H,30,31). The first-order valence-electron chi connectivity index (χ1n) is 10.5. The smallest absolute Gasteiger partial charge is 0.341 e. The number of likely N-dealkylation sites (N-methyl/N-ethyl adjacent to an activating group) is 1. The molecular formula is C24H24FN3O3. The SMILES string of the molecule is CNC1(c2ccccc2)CCN(c2cc3c(cc2F)c(=O)c(C(=O)O)cn3C2CC2)C1. The van der Waals surface area contributed by atoms with Gasteiger partial charge in [-0.05, 0) is 44.0 Å². The van der Waals surface area contributed by atoms with Crippen LogP contribution in [0.3, 0.4) is 0 Å². The zero-order chi connectivity index (χ0) is 21.8. The van der Waals surface area contributed by atoms with Crippen LogP contribution < -0.4 is 15.6 Å². The first-order chi connectivity index (χ1) is 14.9. The van der Waals surface area contributed by atoms with Gasteiger partial charge in [0.1, 0.15) is 11.4 Å². The molecule has 2 aliphatic rings. The molecule has 0 amide bonds. The molecule has 1 saturated heterocycles. The maximum atomic E-state index is 15.2. The highest BCUT2D eigenvalue weighted by atomic mass is 19.1. The first-order valence-corrected chi connectivity index (χ1v) is 10.5. The van der Waals surface area contributed by atoms with E-state index in [2.05, 4.69) is 17.4 Å². The van der Waals surface area contributed by atoms with Crippen LogP contribution in [-0.2, 0) is 5.54 Å². The van der Waals surface area contributed by atoms with E-state index >= 15 is 4.39 Å². The van der Waals surface area contributed by atoms with Crippen molar-refractivity contribution in [3.63, 3.8) is 0 Å². The molecule has 0 bridgehead atoms. The summed E-state index contributed by atoms with van der Waals surface area (Å²) >= 11 is 0. The third-order valence-electron chi connectivity index (χ3n) is 6.69. The van der Waals surface area contributed by atoms with Gasteiger partial charge in [0.15, 0.2) is 0 Å². The van der Waals surface area contributed by atoms with E-state index < -0.39 is 17.2 Å². The molecule has 160 valence electrons. The van der Waals surface area contributed by atoms with E-state index in [4.69, 9.17) is 0 Å². The summed E-state index contributed by atoms with van der Waals surface area (Å²) in [5.41, 5.74) is 0.952. The molecule has 2 aromatic carbocycles. The minimum Gasteiger partial charge on any atom is -0.477 e. The Bertz CT molecular complexity index is 1240. The number of carboxylic acid groups (broad SMARTS) is 1. The van der Waals surface area contributed by atoms with Crippen molar-refractivity contribution < 1.29 is 14.3 Å². The number of benzene rings is 2. The predicted octanol–water partition coefficient (Wildman–Crippen LogP) is 3.50. The van der Waals surface area contributed by atoms with Crippen LogP contribution in [0.15, 0.2) is 53.5 Å². The Morgan fingerprint density at radius 2 is 1.97 bits per heavy atom. The van der Waals surface area contributed by atoms with E-state index in [1.807, 2.05) is 34.7 Å². The lowest BCUT2D eigenvalue weighted by Gasteiger charge is -2.30. The molecule has 0 spiro atoms. The summed E-state index contributed by atoms with van der Waals surface area (Å²) in [7, 11) is 1.92. The number of carboxylic acids is 1. The topological polar surface area (TPSA) is 74.6 Å². The van der Waals surface area contributed by atoms with Gasteiger partial charge >= 0.3 is 5.97 Å². The van der Waals surface area contributed by atoms with Gasteiger partial charge in [0.05, 0.1) is 16.7 Å². The summed E-state index contributed by atoms with van der Waals surface area (Å²) in [6.07, 6.45) is 4.07.